The lowest BCUT2D eigenvalue weighted by atomic mass is 10.00. The van der Waals surface area contributed by atoms with Crippen molar-refractivity contribution in [1.29, 1.82) is 0 Å². The van der Waals surface area contributed by atoms with Crippen molar-refractivity contribution in [2.45, 2.75) is 31.7 Å². The normalized spacial score (nSPS) is 24.3. The second-order valence-corrected chi connectivity index (χ2v) is 4.47. The van der Waals surface area contributed by atoms with Crippen LogP contribution in [-0.4, -0.2) is 11.9 Å². The Kier molecular flexibility index (Phi) is 3.57. The van der Waals surface area contributed by atoms with E-state index in [2.05, 4.69) is 5.32 Å². The molecule has 0 bridgehead atoms. The molecule has 1 saturated carbocycles. The van der Waals surface area contributed by atoms with E-state index < -0.39 is 0 Å². The number of benzene rings is 1. The minimum absolute atomic E-state index is 0.0774. The maximum absolute atomic E-state index is 11.7. The molecule has 1 amide bonds. The summed E-state index contributed by atoms with van der Waals surface area (Å²) in [5.41, 5.74) is 6.80. The molecule has 2 atom stereocenters. The van der Waals surface area contributed by atoms with Gasteiger partial charge in [0, 0.05) is 18.2 Å². The highest BCUT2D eigenvalue weighted by Gasteiger charge is 2.25. The zero-order chi connectivity index (χ0) is 11.4. The molecule has 3 N–H and O–H groups in total. The van der Waals surface area contributed by atoms with Crippen molar-refractivity contribution < 1.29 is 4.79 Å². The van der Waals surface area contributed by atoms with Crippen molar-refractivity contribution >= 4 is 11.6 Å². The Labute approximate surface area is 96.0 Å². The fraction of sp³-hybridized carbons (Fsp3) is 0.462. The van der Waals surface area contributed by atoms with Crippen LogP contribution in [0.5, 0.6) is 0 Å². The van der Waals surface area contributed by atoms with E-state index in [-0.39, 0.29) is 11.9 Å². The van der Waals surface area contributed by atoms with Gasteiger partial charge in [-0.3, -0.25) is 4.79 Å². The monoisotopic (exact) mass is 218 g/mol. The third kappa shape index (κ3) is 2.83. The second-order valence-electron chi connectivity index (χ2n) is 4.47. The number of amides is 1. The molecule has 1 fully saturated rings. The molecule has 0 radical (unpaired) electrons. The molecule has 16 heavy (non-hydrogen) atoms. The van der Waals surface area contributed by atoms with Gasteiger partial charge in [-0.25, -0.2) is 0 Å². The minimum Gasteiger partial charge on any atom is -0.327 e. The molecule has 1 aromatic rings. The van der Waals surface area contributed by atoms with Crippen LogP contribution >= 0.6 is 0 Å². The van der Waals surface area contributed by atoms with Crippen molar-refractivity contribution in [3.63, 3.8) is 0 Å². The Morgan fingerprint density at radius 2 is 2.06 bits per heavy atom. The summed E-state index contributed by atoms with van der Waals surface area (Å²) >= 11 is 0. The van der Waals surface area contributed by atoms with Crippen molar-refractivity contribution in [2.75, 3.05) is 5.32 Å². The highest BCUT2D eigenvalue weighted by molar-refractivity contribution is 5.90. The van der Waals surface area contributed by atoms with Crippen LogP contribution in [0.4, 0.5) is 5.69 Å². The lowest BCUT2D eigenvalue weighted by Crippen LogP contribution is -2.28. The number of rotatable bonds is 3. The predicted molar refractivity (Wildman–Crippen MR) is 65.0 cm³/mol. The fourth-order valence-electron chi connectivity index (χ4n) is 2.29. The second kappa shape index (κ2) is 5.12. The van der Waals surface area contributed by atoms with E-state index in [0.717, 1.165) is 24.9 Å². The lowest BCUT2D eigenvalue weighted by Gasteiger charge is -2.14. The van der Waals surface area contributed by atoms with Crippen LogP contribution in [0.3, 0.4) is 0 Å². The molecule has 0 heterocycles. The topological polar surface area (TPSA) is 55.1 Å². The first-order valence-electron chi connectivity index (χ1n) is 5.86. The van der Waals surface area contributed by atoms with Gasteiger partial charge in [-0.15, -0.1) is 0 Å². The molecule has 86 valence electrons. The average Bonchev–Trinajstić information content (AvgIpc) is 2.66. The van der Waals surface area contributed by atoms with Crippen LogP contribution in [0, 0.1) is 5.92 Å². The number of para-hydroxylation sites is 1. The molecule has 3 heteroatoms. The summed E-state index contributed by atoms with van der Waals surface area (Å²) in [5.74, 6) is 0.442. The van der Waals surface area contributed by atoms with Gasteiger partial charge in [0.1, 0.15) is 0 Å². The first-order chi connectivity index (χ1) is 7.75. The number of carbonyl (C=O) groups excluding carboxylic acids is 1. The average molecular weight is 218 g/mol. The van der Waals surface area contributed by atoms with Gasteiger partial charge in [0.15, 0.2) is 0 Å². The zero-order valence-electron chi connectivity index (χ0n) is 9.36. The fourth-order valence-corrected chi connectivity index (χ4v) is 2.29. The zero-order valence-corrected chi connectivity index (χ0v) is 9.36. The van der Waals surface area contributed by atoms with Crippen LogP contribution < -0.4 is 11.1 Å². The maximum Gasteiger partial charge on any atom is 0.224 e. The number of carbonyl (C=O) groups is 1. The van der Waals surface area contributed by atoms with E-state index in [1.165, 1.54) is 0 Å². The SMILES string of the molecule is N[C@@H]1CCC[C@H]1CC(=O)Nc1ccccc1. The van der Waals surface area contributed by atoms with Gasteiger partial charge in [-0.05, 0) is 30.9 Å². The first kappa shape index (κ1) is 11.1. The van der Waals surface area contributed by atoms with Crippen molar-refractivity contribution in [2.24, 2.45) is 11.7 Å². The van der Waals surface area contributed by atoms with E-state index in [9.17, 15) is 4.79 Å². The Morgan fingerprint density at radius 1 is 1.31 bits per heavy atom. The van der Waals surface area contributed by atoms with E-state index in [0.29, 0.717) is 12.3 Å². The van der Waals surface area contributed by atoms with Gasteiger partial charge in [-0.2, -0.15) is 0 Å². The Bertz CT molecular complexity index is 350. The summed E-state index contributed by atoms with van der Waals surface area (Å²) < 4.78 is 0. The van der Waals surface area contributed by atoms with Crippen molar-refractivity contribution in [3.8, 4) is 0 Å². The van der Waals surface area contributed by atoms with E-state index >= 15 is 0 Å². The van der Waals surface area contributed by atoms with Gasteiger partial charge in [0.2, 0.25) is 5.91 Å². The predicted octanol–water partition coefficient (Wildman–Crippen LogP) is 2.14. The highest BCUT2D eigenvalue weighted by atomic mass is 16.1. The smallest absolute Gasteiger partial charge is 0.224 e. The van der Waals surface area contributed by atoms with Crippen LogP contribution in [0.1, 0.15) is 25.7 Å². The molecule has 1 aliphatic rings. The first-order valence-corrected chi connectivity index (χ1v) is 5.86. The molecular weight excluding hydrogens is 200 g/mol. The maximum atomic E-state index is 11.7. The largest absolute Gasteiger partial charge is 0.327 e. The van der Waals surface area contributed by atoms with Crippen LogP contribution in [0.2, 0.25) is 0 Å². The van der Waals surface area contributed by atoms with E-state index in [4.69, 9.17) is 5.73 Å². The molecule has 3 nitrogen and oxygen atoms in total. The van der Waals surface area contributed by atoms with Crippen LogP contribution in [0.15, 0.2) is 30.3 Å². The van der Waals surface area contributed by atoms with Crippen LogP contribution in [-0.2, 0) is 4.79 Å². The molecule has 0 spiro atoms. The number of anilines is 1. The number of hydrogen-bond acceptors (Lipinski definition) is 2. The van der Waals surface area contributed by atoms with Gasteiger partial charge in [0.25, 0.3) is 0 Å². The summed E-state index contributed by atoms with van der Waals surface area (Å²) in [6.45, 7) is 0. The standard InChI is InChI=1S/C13H18N2O/c14-12-8-4-5-10(12)9-13(16)15-11-6-2-1-3-7-11/h1-3,6-7,10,12H,4-5,8-9,14H2,(H,15,16)/t10-,12+/m0/s1. The van der Waals surface area contributed by atoms with Crippen LogP contribution in [0.25, 0.3) is 0 Å². The number of nitrogens with two attached hydrogens (primary N) is 1. The Balaban J connectivity index is 1.85. The van der Waals surface area contributed by atoms with Gasteiger partial charge in [-0.1, -0.05) is 24.6 Å². The van der Waals surface area contributed by atoms with E-state index in [1.54, 1.807) is 0 Å². The van der Waals surface area contributed by atoms with Gasteiger partial charge >= 0.3 is 0 Å². The van der Waals surface area contributed by atoms with Crippen molar-refractivity contribution in [1.82, 2.24) is 0 Å². The van der Waals surface area contributed by atoms with Gasteiger partial charge in [0.05, 0.1) is 0 Å². The summed E-state index contributed by atoms with van der Waals surface area (Å²) in [4.78, 5) is 11.7. The third-order valence-electron chi connectivity index (χ3n) is 3.22. The minimum atomic E-state index is 0.0774. The lowest BCUT2D eigenvalue weighted by molar-refractivity contribution is -0.117. The molecule has 0 unspecified atom stereocenters. The molecule has 0 saturated heterocycles. The third-order valence-corrected chi connectivity index (χ3v) is 3.22. The molecule has 2 rings (SSSR count). The summed E-state index contributed by atoms with van der Waals surface area (Å²) in [7, 11) is 0. The summed E-state index contributed by atoms with van der Waals surface area (Å²) in [5, 5.41) is 2.89. The highest BCUT2D eigenvalue weighted by Crippen LogP contribution is 2.27. The summed E-state index contributed by atoms with van der Waals surface area (Å²) in [6.07, 6.45) is 3.85. The van der Waals surface area contributed by atoms with Crippen molar-refractivity contribution in [3.05, 3.63) is 30.3 Å². The molecule has 0 aromatic heterocycles. The number of hydrogen-bond donors (Lipinski definition) is 2. The Hall–Kier alpha value is -1.35. The number of nitrogens with one attached hydrogen (secondary N) is 1. The Morgan fingerprint density at radius 3 is 2.69 bits per heavy atom. The molecule has 1 aliphatic carbocycles. The molecular formula is C13H18N2O. The molecule has 1 aromatic carbocycles. The quantitative estimate of drug-likeness (QED) is 0.816. The van der Waals surface area contributed by atoms with E-state index in [1.807, 2.05) is 30.3 Å². The molecule has 0 aliphatic heterocycles. The summed E-state index contributed by atoms with van der Waals surface area (Å²) in [6, 6.07) is 9.76. The van der Waals surface area contributed by atoms with Gasteiger partial charge < -0.3 is 11.1 Å².